The van der Waals surface area contributed by atoms with Crippen LogP contribution in [-0.4, -0.2) is 51.6 Å². The first-order chi connectivity index (χ1) is 26.2. The van der Waals surface area contributed by atoms with Gasteiger partial charge in [-0.25, -0.2) is 8.78 Å². The quantitative estimate of drug-likeness (QED) is 0.156. The Kier molecular flexibility index (Phi) is 12.2. The number of carbonyl (C=O) groups is 1. The van der Waals surface area contributed by atoms with Gasteiger partial charge in [-0.3, -0.25) is 10.1 Å². The van der Waals surface area contributed by atoms with Crippen molar-refractivity contribution in [2.24, 2.45) is 11.5 Å². The number of anilines is 2. The maximum absolute atomic E-state index is 14.2. The van der Waals surface area contributed by atoms with Crippen LogP contribution in [0.15, 0.2) is 78.4 Å². The average Bonchev–Trinajstić information content (AvgIpc) is 3.18. The number of likely N-dealkylation sites (N-methyl/N-ethyl adjacent to an activating group) is 1. The predicted molar refractivity (Wildman–Crippen MR) is 212 cm³/mol. The number of para-hydroxylation sites is 2. The molecule has 0 aliphatic carbocycles. The van der Waals surface area contributed by atoms with Crippen molar-refractivity contribution >= 4 is 23.4 Å². The summed E-state index contributed by atoms with van der Waals surface area (Å²) in [5.74, 6) is 0.512. The predicted octanol–water partition coefficient (Wildman–Crippen LogP) is 7.27. The number of amides is 1. The van der Waals surface area contributed by atoms with Crippen LogP contribution in [0.4, 0.5) is 20.2 Å². The molecule has 4 heterocycles. The lowest BCUT2D eigenvalue weighted by Crippen LogP contribution is -2.55. The van der Waals surface area contributed by atoms with E-state index in [1.807, 2.05) is 45.2 Å². The van der Waals surface area contributed by atoms with Crippen molar-refractivity contribution in [3.63, 3.8) is 0 Å². The van der Waals surface area contributed by atoms with Crippen LogP contribution in [0.3, 0.4) is 0 Å². The molecule has 4 aliphatic heterocycles. The number of hydrogen-bond acceptors (Lipinski definition) is 8. The Morgan fingerprint density at radius 1 is 0.907 bits per heavy atom. The lowest BCUT2D eigenvalue weighted by molar-refractivity contribution is 0.0918. The minimum Gasteiger partial charge on any atom is -0.493 e. The molecule has 11 heteroatoms. The first-order valence-corrected chi connectivity index (χ1v) is 18.9. The molecule has 4 aromatic carbocycles. The molecule has 1 amide bonds. The molecule has 2 unspecified atom stereocenters. The summed E-state index contributed by atoms with van der Waals surface area (Å²) in [6.45, 7) is 10.3. The third-order valence-corrected chi connectivity index (χ3v) is 10.5. The largest absolute Gasteiger partial charge is 0.493 e. The van der Waals surface area contributed by atoms with E-state index in [0.717, 1.165) is 42.8 Å². The van der Waals surface area contributed by atoms with Crippen LogP contribution in [0.5, 0.6) is 11.5 Å². The van der Waals surface area contributed by atoms with Gasteiger partial charge in [0.2, 0.25) is 0 Å². The highest BCUT2D eigenvalue weighted by Crippen LogP contribution is 2.40. The molecule has 6 N–H and O–H groups in total. The molecule has 0 spiro atoms. The highest BCUT2D eigenvalue weighted by Gasteiger charge is 2.36. The van der Waals surface area contributed by atoms with E-state index in [0.29, 0.717) is 47.8 Å². The molecule has 4 aliphatic rings. The van der Waals surface area contributed by atoms with Crippen molar-refractivity contribution in [1.29, 1.82) is 0 Å². The topological polar surface area (TPSA) is 118 Å². The number of nitrogens with zero attached hydrogens (tertiary/aromatic N) is 2. The average molecular weight is 739 g/mol. The second kappa shape index (κ2) is 17.0. The number of aryl methyl sites for hydroxylation is 1. The van der Waals surface area contributed by atoms with Gasteiger partial charge in [-0.15, -0.1) is 0 Å². The number of rotatable bonds is 7. The van der Waals surface area contributed by atoms with Gasteiger partial charge in [0, 0.05) is 48.4 Å². The van der Waals surface area contributed by atoms with Crippen molar-refractivity contribution in [1.82, 2.24) is 10.6 Å². The second-order valence-electron chi connectivity index (χ2n) is 13.8. The van der Waals surface area contributed by atoms with Gasteiger partial charge >= 0.3 is 0 Å². The number of nitrogens with one attached hydrogen (secondary N) is 2. The van der Waals surface area contributed by atoms with E-state index in [-0.39, 0.29) is 42.0 Å². The Morgan fingerprint density at radius 3 is 2.33 bits per heavy atom. The lowest BCUT2D eigenvalue weighted by atomic mass is 9.91. The SMILES string of the molecule is CC.CN[C@@H](C1=Cc2c(F)cccc2OC1)N1CC[C@@H](N)c2cccc(C)c21.Cc1c(F)cccc1OCCC1NC(=O)c2cccc3c2N1CCC3N. The van der Waals surface area contributed by atoms with Crippen molar-refractivity contribution in [2.75, 3.05) is 43.2 Å². The van der Waals surface area contributed by atoms with Crippen LogP contribution in [0.1, 0.15) is 83.4 Å². The van der Waals surface area contributed by atoms with E-state index < -0.39 is 0 Å². The molecule has 0 saturated heterocycles. The normalized spacial score (nSPS) is 19.9. The van der Waals surface area contributed by atoms with E-state index >= 15 is 0 Å². The summed E-state index contributed by atoms with van der Waals surface area (Å²) < 4.78 is 39.5. The van der Waals surface area contributed by atoms with Crippen molar-refractivity contribution < 1.29 is 23.0 Å². The number of nitrogens with two attached hydrogens (primary N) is 2. The zero-order chi connectivity index (χ0) is 38.5. The summed E-state index contributed by atoms with van der Waals surface area (Å²) in [6.07, 6.45) is 4.01. The monoisotopic (exact) mass is 738 g/mol. The van der Waals surface area contributed by atoms with Crippen LogP contribution in [0.2, 0.25) is 0 Å². The van der Waals surface area contributed by atoms with Crippen LogP contribution < -0.4 is 41.4 Å². The molecule has 0 fully saturated rings. The summed E-state index contributed by atoms with van der Waals surface area (Å²) in [6, 6.07) is 21.7. The summed E-state index contributed by atoms with van der Waals surface area (Å²) in [7, 11) is 1.93. The third kappa shape index (κ3) is 7.66. The van der Waals surface area contributed by atoms with E-state index in [9.17, 15) is 13.6 Å². The fourth-order valence-corrected chi connectivity index (χ4v) is 7.83. The molecule has 0 aromatic heterocycles. The smallest absolute Gasteiger partial charge is 0.254 e. The molecular weight excluding hydrogens is 687 g/mol. The van der Waals surface area contributed by atoms with Crippen molar-refractivity contribution in [3.05, 3.63) is 123 Å². The maximum atomic E-state index is 14.2. The van der Waals surface area contributed by atoms with Crippen LogP contribution in [0.25, 0.3) is 6.08 Å². The van der Waals surface area contributed by atoms with E-state index in [1.54, 1.807) is 31.2 Å². The van der Waals surface area contributed by atoms with E-state index in [4.69, 9.17) is 20.9 Å². The number of halogens is 2. The summed E-state index contributed by atoms with van der Waals surface area (Å²) in [5, 5.41) is 6.44. The first-order valence-electron chi connectivity index (χ1n) is 18.9. The minimum absolute atomic E-state index is 0.0426. The van der Waals surface area contributed by atoms with Crippen LogP contribution in [0, 0.1) is 25.5 Å². The Hall–Kier alpha value is -4.97. The number of hydrogen-bond donors (Lipinski definition) is 4. The Morgan fingerprint density at radius 2 is 1.57 bits per heavy atom. The highest BCUT2D eigenvalue weighted by atomic mass is 19.1. The van der Waals surface area contributed by atoms with Crippen molar-refractivity contribution in [3.8, 4) is 11.5 Å². The van der Waals surface area contributed by atoms with Crippen LogP contribution >= 0.6 is 0 Å². The second-order valence-corrected chi connectivity index (χ2v) is 13.8. The standard InChI is InChI=1S/C21H24FN3O.C20H22FN3O2.C2H6/c1-13-5-3-6-15-18(23)9-10-25(20(13)15)21(24-2)14-11-16-17(22)7-4-8-19(16)26-12-14;1-12-15(21)6-3-7-17(12)26-11-9-18-23-20(25)14-5-2-4-13-16(22)8-10-24(18)19(13)14;1-2/h3-8,11,18,21,24H,9-10,12,23H2,1-2H3;2-7,16,18H,8-11,22H2,1H3,(H,23,25);1-2H3/t18-,21-;;/m1../s1. The van der Waals surface area contributed by atoms with Gasteiger partial charge in [0.1, 0.15) is 42.1 Å². The van der Waals surface area contributed by atoms with Gasteiger partial charge in [-0.1, -0.05) is 56.3 Å². The Balaban J connectivity index is 0.000000176. The highest BCUT2D eigenvalue weighted by molar-refractivity contribution is 6.03. The van der Waals surface area contributed by atoms with E-state index in [1.165, 1.54) is 28.9 Å². The molecule has 0 saturated carbocycles. The van der Waals surface area contributed by atoms with Gasteiger partial charge in [0.05, 0.1) is 23.4 Å². The first kappa shape index (κ1) is 38.7. The van der Waals surface area contributed by atoms with Gasteiger partial charge in [0.25, 0.3) is 5.91 Å². The Labute approximate surface area is 317 Å². The van der Waals surface area contributed by atoms with Gasteiger partial charge in [0.15, 0.2) is 0 Å². The van der Waals surface area contributed by atoms with Gasteiger partial charge < -0.3 is 36.1 Å². The molecule has 8 rings (SSSR count). The van der Waals surface area contributed by atoms with Gasteiger partial charge in [-0.2, -0.15) is 0 Å². The number of ether oxygens (including phenoxy) is 2. The fourth-order valence-electron chi connectivity index (χ4n) is 7.83. The molecule has 286 valence electrons. The zero-order valence-electron chi connectivity index (χ0n) is 31.8. The molecule has 4 atom stereocenters. The molecule has 54 heavy (non-hydrogen) atoms. The van der Waals surface area contributed by atoms with E-state index in [2.05, 4.69) is 45.6 Å². The molecule has 9 nitrogen and oxygen atoms in total. The maximum Gasteiger partial charge on any atom is 0.254 e. The summed E-state index contributed by atoms with van der Waals surface area (Å²) in [5.41, 5.74) is 20.8. The lowest BCUT2D eigenvalue weighted by Gasteiger charge is -2.44. The number of carbonyl (C=O) groups excluding carboxylic acids is 1. The number of benzene rings is 4. The molecule has 0 bridgehead atoms. The number of fused-ring (bicyclic) bond motifs is 2. The minimum atomic E-state index is -0.281. The summed E-state index contributed by atoms with van der Waals surface area (Å²) in [4.78, 5) is 17.0. The van der Waals surface area contributed by atoms with Gasteiger partial charge in [-0.05, 0) is 86.8 Å². The third-order valence-electron chi connectivity index (χ3n) is 10.5. The zero-order valence-corrected chi connectivity index (χ0v) is 31.8. The van der Waals surface area contributed by atoms with Crippen molar-refractivity contribution in [2.45, 2.75) is 71.4 Å². The summed E-state index contributed by atoms with van der Waals surface area (Å²) >= 11 is 0. The molecule has 0 radical (unpaired) electrons. The fraction of sp³-hybridized carbons (Fsp3) is 0.372. The molecular formula is C43H52F2N6O3. The molecule has 4 aromatic rings. The Bertz CT molecular complexity index is 2000. The van der Waals surface area contributed by atoms with Crippen LogP contribution in [-0.2, 0) is 0 Å².